The van der Waals surface area contributed by atoms with Crippen molar-refractivity contribution in [2.45, 2.75) is 50.7 Å². The van der Waals surface area contributed by atoms with Crippen LogP contribution in [0.4, 0.5) is 4.39 Å². The molecule has 0 unspecified atom stereocenters. The number of nitrogens with one attached hydrogen (secondary N) is 2. The van der Waals surface area contributed by atoms with E-state index in [0.717, 1.165) is 7.11 Å². The number of alkyl halides is 1. The highest BCUT2D eigenvalue weighted by molar-refractivity contribution is 6.05. The number of halogens is 1. The Kier molecular flexibility index (Phi) is 5.12. The summed E-state index contributed by atoms with van der Waals surface area (Å²) < 4.78 is 18.8. The number of amides is 1. The number of ether oxygens (including phenoxy) is 1. The molecule has 0 bridgehead atoms. The minimum atomic E-state index is -1.98. The first-order valence-electron chi connectivity index (χ1n) is 7.56. The van der Waals surface area contributed by atoms with Crippen LogP contribution in [0, 0.1) is 0 Å². The molecule has 0 spiro atoms. The van der Waals surface area contributed by atoms with Gasteiger partial charge in [0.05, 0.1) is 13.4 Å². The number of aromatic amines is 1. The van der Waals surface area contributed by atoms with Gasteiger partial charge in [-0.05, 0) is 25.7 Å². The second kappa shape index (κ2) is 6.89. The summed E-state index contributed by atoms with van der Waals surface area (Å²) in [6, 6.07) is -0.260. The molecule has 0 aromatic carbocycles. The smallest absolute Gasteiger partial charge is 0.343 e. The molecule has 1 heterocycles. The van der Waals surface area contributed by atoms with Crippen LogP contribution in [0.3, 0.4) is 0 Å². The van der Waals surface area contributed by atoms with E-state index >= 15 is 0 Å². The lowest BCUT2D eigenvalue weighted by Crippen LogP contribution is -2.45. The average molecular weight is 325 g/mol. The molecule has 8 heteroatoms. The van der Waals surface area contributed by atoms with Crippen molar-refractivity contribution in [3.05, 3.63) is 17.7 Å². The minimum absolute atomic E-state index is 0.00561. The van der Waals surface area contributed by atoms with Gasteiger partial charge < -0.3 is 15.0 Å². The Morgan fingerprint density at radius 2 is 2.09 bits per heavy atom. The molecule has 1 aromatic heterocycles. The quantitative estimate of drug-likeness (QED) is 0.632. The van der Waals surface area contributed by atoms with Gasteiger partial charge in [0.1, 0.15) is 11.4 Å². The van der Waals surface area contributed by atoms with Crippen molar-refractivity contribution in [3.8, 4) is 0 Å². The number of hydrogen-bond donors (Lipinski definition) is 2. The average Bonchev–Trinajstić information content (AvgIpc) is 3.05. The van der Waals surface area contributed by atoms with Crippen molar-refractivity contribution in [1.82, 2.24) is 15.3 Å². The number of H-pyrrole nitrogens is 1. The van der Waals surface area contributed by atoms with Crippen LogP contribution in [0.1, 0.15) is 60.0 Å². The van der Waals surface area contributed by atoms with Crippen LogP contribution in [0.2, 0.25) is 0 Å². The summed E-state index contributed by atoms with van der Waals surface area (Å²) in [5, 5.41) is 2.75. The third-order valence-electron chi connectivity index (χ3n) is 4.12. The van der Waals surface area contributed by atoms with Gasteiger partial charge in [0, 0.05) is 12.5 Å². The number of Topliss-reactive ketones (excluding diaryl/α,β-unsaturated/α-hetero) is 1. The molecule has 1 amide bonds. The summed E-state index contributed by atoms with van der Waals surface area (Å²) >= 11 is 0. The van der Waals surface area contributed by atoms with Crippen LogP contribution in [0.25, 0.3) is 0 Å². The first kappa shape index (κ1) is 17.1. The highest BCUT2D eigenvalue weighted by atomic mass is 19.1. The van der Waals surface area contributed by atoms with E-state index in [0.29, 0.717) is 12.8 Å². The summed E-state index contributed by atoms with van der Waals surface area (Å²) in [5.41, 5.74) is -1.76. The number of carbonyl (C=O) groups excluding carboxylic acids is 3. The van der Waals surface area contributed by atoms with Crippen molar-refractivity contribution in [3.63, 3.8) is 0 Å². The molecular formula is C15H20FN3O4. The SMILES string of the molecule is CCC(=O)c1nc[nH]c1C(=O)NC1CCC(F)(C(=O)OC)CC1. The van der Waals surface area contributed by atoms with Crippen molar-refractivity contribution in [1.29, 1.82) is 0 Å². The van der Waals surface area contributed by atoms with Gasteiger partial charge in [-0.25, -0.2) is 14.2 Å². The summed E-state index contributed by atoms with van der Waals surface area (Å²) in [4.78, 5) is 41.9. The van der Waals surface area contributed by atoms with E-state index in [1.807, 2.05) is 0 Å². The number of rotatable bonds is 5. The third-order valence-corrected chi connectivity index (χ3v) is 4.12. The Bertz CT molecular complexity index is 606. The standard InChI is InChI=1S/C15H20FN3O4/c1-3-10(20)11-12(18-8-17-11)13(21)19-9-4-6-15(16,7-5-9)14(22)23-2/h8-9H,3-7H2,1-2H3,(H,17,18)(H,19,21). The number of ketones is 1. The van der Waals surface area contributed by atoms with Gasteiger partial charge in [0.25, 0.3) is 5.91 Å². The highest BCUT2D eigenvalue weighted by Crippen LogP contribution is 2.33. The Labute approximate surface area is 133 Å². The number of nitrogens with zero attached hydrogens (tertiary/aromatic N) is 1. The third kappa shape index (κ3) is 3.57. The monoisotopic (exact) mass is 325 g/mol. The zero-order valence-corrected chi connectivity index (χ0v) is 13.1. The first-order valence-corrected chi connectivity index (χ1v) is 7.56. The van der Waals surface area contributed by atoms with Crippen LogP contribution in [0.5, 0.6) is 0 Å². The van der Waals surface area contributed by atoms with Crippen molar-refractivity contribution in [2.24, 2.45) is 0 Å². The number of methoxy groups -OCH3 is 1. The molecule has 0 aliphatic heterocycles. The van der Waals surface area contributed by atoms with E-state index in [9.17, 15) is 18.8 Å². The molecule has 1 aromatic rings. The molecule has 0 saturated heterocycles. The molecule has 1 saturated carbocycles. The molecule has 1 aliphatic rings. The van der Waals surface area contributed by atoms with Crippen LogP contribution in [0.15, 0.2) is 6.33 Å². The van der Waals surface area contributed by atoms with E-state index in [1.54, 1.807) is 6.92 Å². The predicted octanol–water partition coefficient (Wildman–Crippen LogP) is 1.56. The molecule has 0 radical (unpaired) electrons. The molecule has 2 N–H and O–H groups in total. The number of hydrogen-bond acceptors (Lipinski definition) is 5. The number of imidazole rings is 1. The molecule has 1 fully saturated rings. The lowest BCUT2D eigenvalue weighted by molar-refractivity contribution is -0.157. The predicted molar refractivity (Wildman–Crippen MR) is 78.8 cm³/mol. The van der Waals surface area contributed by atoms with Crippen LogP contribution >= 0.6 is 0 Å². The summed E-state index contributed by atoms with van der Waals surface area (Å²) in [6.07, 6.45) is 2.17. The fraction of sp³-hybridized carbons (Fsp3) is 0.600. The lowest BCUT2D eigenvalue weighted by atomic mass is 9.83. The molecular weight excluding hydrogens is 305 g/mol. The highest BCUT2D eigenvalue weighted by Gasteiger charge is 2.43. The van der Waals surface area contributed by atoms with Gasteiger partial charge in [-0.3, -0.25) is 9.59 Å². The van der Waals surface area contributed by atoms with E-state index < -0.39 is 17.5 Å². The first-order chi connectivity index (χ1) is 10.9. The molecule has 2 rings (SSSR count). The number of carbonyl (C=O) groups is 3. The minimum Gasteiger partial charge on any atom is -0.467 e. The Morgan fingerprint density at radius 3 is 2.65 bits per heavy atom. The fourth-order valence-corrected chi connectivity index (χ4v) is 2.71. The number of aromatic nitrogens is 2. The van der Waals surface area contributed by atoms with E-state index in [1.165, 1.54) is 6.33 Å². The Balaban J connectivity index is 1.97. The van der Waals surface area contributed by atoms with Crippen molar-refractivity contribution >= 4 is 17.7 Å². The largest absolute Gasteiger partial charge is 0.467 e. The van der Waals surface area contributed by atoms with Gasteiger partial charge in [-0.15, -0.1) is 0 Å². The molecule has 1 aliphatic carbocycles. The molecule has 23 heavy (non-hydrogen) atoms. The van der Waals surface area contributed by atoms with E-state index in [-0.39, 0.29) is 42.5 Å². The Hall–Kier alpha value is -2.25. The van der Waals surface area contributed by atoms with Crippen molar-refractivity contribution in [2.75, 3.05) is 7.11 Å². The van der Waals surface area contributed by atoms with Crippen LogP contribution in [-0.2, 0) is 9.53 Å². The second-order valence-electron chi connectivity index (χ2n) is 5.61. The second-order valence-corrected chi connectivity index (χ2v) is 5.61. The summed E-state index contributed by atoms with van der Waals surface area (Å²) in [7, 11) is 1.15. The zero-order valence-electron chi connectivity index (χ0n) is 13.1. The molecule has 126 valence electrons. The van der Waals surface area contributed by atoms with Gasteiger partial charge in [-0.1, -0.05) is 6.92 Å². The fourth-order valence-electron chi connectivity index (χ4n) is 2.71. The van der Waals surface area contributed by atoms with Crippen LogP contribution in [-0.4, -0.2) is 46.4 Å². The summed E-state index contributed by atoms with van der Waals surface area (Å²) in [6.45, 7) is 1.69. The maximum atomic E-state index is 14.3. The van der Waals surface area contributed by atoms with Crippen molar-refractivity contribution < 1.29 is 23.5 Å². The number of esters is 1. The van der Waals surface area contributed by atoms with Gasteiger partial charge in [0.15, 0.2) is 5.78 Å². The molecule has 0 atom stereocenters. The Morgan fingerprint density at radius 1 is 1.43 bits per heavy atom. The van der Waals surface area contributed by atoms with Gasteiger partial charge >= 0.3 is 5.97 Å². The van der Waals surface area contributed by atoms with E-state index in [4.69, 9.17) is 0 Å². The van der Waals surface area contributed by atoms with Gasteiger partial charge in [-0.2, -0.15) is 0 Å². The normalized spacial score (nSPS) is 24.0. The van der Waals surface area contributed by atoms with E-state index in [2.05, 4.69) is 20.0 Å². The molecule has 7 nitrogen and oxygen atoms in total. The summed E-state index contributed by atoms with van der Waals surface area (Å²) in [5.74, 6) is -1.55. The maximum absolute atomic E-state index is 14.3. The van der Waals surface area contributed by atoms with Crippen LogP contribution < -0.4 is 5.32 Å². The maximum Gasteiger partial charge on any atom is 0.343 e. The lowest BCUT2D eigenvalue weighted by Gasteiger charge is -2.32. The topological polar surface area (TPSA) is 101 Å². The zero-order chi connectivity index (χ0) is 17.0. The van der Waals surface area contributed by atoms with Gasteiger partial charge in [0.2, 0.25) is 5.67 Å².